The number of methoxy groups -OCH3 is 1. The number of carbonyl (C=O) groups is 2. The molecule has 1 aliphatic carbocycles. The van der Waals surface area contributed by atoms with Crippen LogP contribution in [0.3, 0.4) is 0 Å². The molecule has 2 fully saturated rings. The molecule has 1 saturated heterocycles. The predicted molar refractivity (Wildman–Crippen MR) is 57.8 cm³/mol. The van der Waals surface area contributed by atoms with Crippen molar-refractivity contribution in [3.8, 4) is 0 Å². The Bertz CT molecular complexity index is 300. The van der Waals surface area contributed by atoms with Gasteiger partial charge in [-0.25, -0.2) is 0 Å². The van der Waals surface area contributed by atoms with E-state index in [0.29, 0.717) is 6.42 Å². The maximum absolute atomic E-state index is 12.0. The van der Waals surface area contributed by atoms with Crippen LogP contribution >= 0.6 is 0 Å². The molecule has 1 atom stereocenters. The highest BCUT2D eigenvalue weighted by Gasteiger charge is 2.41. The zero-order chi connectivity index (χ0) is 11.7. The van der Waals surface area contributed by atoms with E-state index in [1.165, 1.54) is 0 Å². The quantitative estimate of drug-likeness (QED) is 0.731. The molecule has 0 aromatic heterocycles. The number of rotatable bonds is 3. The number of piperazine rings is 1. The molecule has 2 rings (SSSR count). The number of hydrogen-bond acceptors (Lipinski definition) is 3. The minimum Gasteiger partial charge on any atom is -0.381 e. The first-order valence-corrected chi connectivity index (χ1v) is 5.78. The van der Waals surface area contributed by atoms with E-state index in [1.807, 2.05) is 6.92 Å². The summed E-state index contributed by atoms with van der Waals surface area (Å²) in [6.45, 7) is 2.11. The number of nitrogens with one attached hydrogen (secondary N) is 1. The van der Waals surface area contributed by atoms with Gasteiger partial charge in [0.2, 0.25) is 11.8 Å². The van der Waals surface area contributed by atoms with Crippen molar-refractivity contribution >= 4 is 11.8 Å². The SMILES string of the molecule is CCC1NC(=O)CN(C2CC(OC)C2)C1=O. The molecule has 0 aromatic carbocycles. The van der Waals surface area contributed by atoms with Crippen molar-refractivity contribution in [3.63, 3.8) is 0 Å². The number of hydrogen-bond donors (Lipinski definition) is 1. The summed E-state index contributed by atoms with van der Waals surface area (Å²) >= 11 is 0. The van der Waals surface area contributed by atoms with Gasteiger partial charge in [0.25, 0.3) is 0 Å². The van der Waals surface area contributed by atoms with Gasteiger partial charge in [0.05, 0.1) is 12.6 Å². The molecule has 1 heterocycles. The van der Waals surface area contributed by atoms with E-state index in [0.717, 1.165) is 12.8 Å². The van der Waals surface area contributed by atoms with Gasteiger partial charge in [0, 0.05) is 13.2 Å². The monoisotopic (exact) mass is 226 g/mol. The lowest BCUT2D eigenvalue weighted by Gasteiger charge is -2.45. The highest BCUT2D eigenvalue weighted by Crippen LogP contribution is 2.29. The number of nitrogens with zero attached hydrogens (tertiary/aromatic N) is 1. The van der Waals surface area contributed by atoms with Crippen LogP contribution in [0.1, 0.15) is 26.2 Å². The highest BCUT2D eigenvalue weighted by molar-refractivity contribution is 5.95. The third kappa shape index (κ3) is 1.91. The molecule has 0 radical (unpaired) electrons. The average Bonchev–Trinajstić information content (AvgIpc) is 2.21. The summed E-state index contributed by atoms with van der Waals surface area (Å²) in [7, 11) is 1.68. The van der Waals surface area contributed by atoms with Crippen molar-refractivity contribution in [2.75, 3.05) is 13.7 Å². The average molecular weight is 226 g/mol. The largest absolute Gasteiger partial charge is 0.381 e. The lowest BCUT2D eigenvalue weighted by atomic mass is 9.87. The van der Waals surface area contributed by atoms with E-state index in [1.54, 1.807) is 12.0 Å². The molecule has 1 aliphatic heterocycles. The third-order valence-electron chi connectivity index (χ3n) is 3.48. The number of amides is 2. The van der Waals surface area contributed by atoms with Crippen molar-refractivity contribution in [1.29, 1.82) is 0 Å². The molecule has 16 heavy (non-hydrogen) atoms. The molecular formula is C11H18N2O3. The fourth-order valence-corrected chi connectivity index (χ4v) is 2.31. The van der Waals surface area contributed by atoms with Crippen LogP contribution in [-0.2, 0) is 14.3 Å². The summed E-state index contributed by atoms with van der Waals surface area (Å²) in [5, 5.41) is 2.71. The molecule has 1 N–H and O–H groups in total. The lowest BCUT2D eigenvalue weighted by molar-refractivity contribution is -0.151. The lowest BCUT2D eigenvalue weighted by Crippen LogP contribution is -2.63. The highest BCUT2D eigenvalue weighted by atomic mass is 16.5. The Morgan fingerprint density at radius 1 is 1.44 bits per heavy atom. The predicted octanol–water partition coefficient (Wildman–Crippen LogP) is -0.0992. The molecular weight excluding hydrogens is 208 g/mol. The summed E-state index contributed by atoms with van der Waals surface area (Å²) in [6.07, 6.45) is 2.61. The van der Waals surface area contributed by atoms with Crippen LogP contribution in [0.25, 0.3) is 0 Å². The van der Waals surface area contributed by atoms with E-state index in [4.69, 9.17) is 4.74 Å². The van der Waals surface area contributed by atoms with Gasteiger partial charge in [0.1, 0.15) is 6.04 Å². The fraction of sp³-hybridized carbons (Fsp3) is 0.818. The van der Waals surface area contributed by atoms with Crippen molar-refractivity contribution < 1.29 is 14.3 Å². The van der Waals surface area contributed by atoms with Crippen LogP contribution in [0.15, 0.2) is 0 Å². The molecule has 2 amide bonds. The summed E-state index contributed by atoms with van der Waals surface area (Å²) in [6, 6.07) is -0.139. The summed E-state index contributed by atoms with van der Waals surface area (Å²) in [4.78, 5) is 25.2. The van der Waals surface area contributed by atoms with Gasteiger partial charge in [-0.2, -0.15) is 0 Å². The Balaban J connectivity index is 1.98. The van der Waals surface area contributed by atoms with E-state index < -0.39 is 0 Å². The Morgan fingerprint density at radius 2 is 2.12 bits per heavy atom. The van der Waals surface area contributed by atoms with Gasteiger partial charge < -0.3 is 15.0 Å². The number of ether oxygens (including phenoxy) is 1. The van der Waals surface area contributed by atoms with Crippen molar-refractivity contribution in [2.24, 2.45) is 0 Å². The van der Waals surface area contributed by atoms with Crippen LogP contribution in [0.4, 0.5) is 0 Å². The Kier molecular flexibility index (Phi) is 3.14. The van der Waals surface area contributed by atoms with E-state index in [9.17, 15) is 9.59 Å². The maximum atomic E-state index is 12.0. The summed E-state index contributed by atoms with van der Waals surface area (Å²) in [5.74, 6) is 0.00831. The minimum absolute atomic E-state index is 0.0488. The Labute approximate surface area is 95.1 Å². The van der Waals surface area contributed by atoms with Crippen molar-refractivity contribution in [1.82, 2.24) is 10.2 Å². The minimum atomic E-state index is -0.331. The molecule has 0 aromatic rings. The molecule has 5 heteroatoms. The summed E-state index contributed by atoms with van der Waals surface area (Å²) < 4.78 is 5.18. The van der Waals surface area contributed by atoms with Gasteiger partial charge in [0.15, 0.2) is 0 Å². The van der Waals surface area contributed by atoms with Gasteiger partial charge in [-0.05, 0) is 19.3 Å². The molecule has 90 valence electrons. The van der Waals surface area contributed by atoms with E-state index in [-0.39, 0.29) is 36.5 Å². The third-order valence-corrected chi connectivity index (χ3v) is 3.48. The smallest absolute Gasteiger partial charge is 0.245 e. The second kappa shape index (κ2) is 4.41. The first-order valence-electron chi connectivity index (χ1n) is 5.78. The molecule has 0 bridgehead atoms. The fourth-order valence-electron chi connectivity index (χ4n) is 2.31. The van der Waals surface area contributed by atoms with Crippen LogP contribution in [0.5, 0.6) is 0 Å². The zero-order valence-corrected chi connectivity index (χ0v) is 9.73. The zero-order valence-electron chi connectivity index (χ0n) is 9.73. The second-order valence-corrected chi connectivity index (χ2v) is 4.48. The van der Waals surface area contributed by atoms with Crippen molar-refractivity contribution in [2.45, 2.75) is 44.4 Å². The van der Waals surface area contributed by atoms with Crippen LogP contribution in [-0.4, -0.2) is 48.6 Å². The second-order valence-electron chi connectivity index (χ2n) is 4.48. The molecule has 1 unspecified atom stereocenters. The van der Waals surface area contributed by atoms with Gasteiger partial charge in [-0.1, -0.05) is 6.92 Å². The van der Waals surface area contributed by atoms with Crippen LogP contribution in [0.2, 0.25) is 0 Å². The number of carbonyl (C=O) groups excluding carboxylic acids is 2. The maximum Gasteiger partial charge on any atom is 0.245 e. The van der Waals surface area contributed by atoms with Gasteiger partial charge >= 0.3 is 0 Å². The van der Waals surface area contributed by atoms with E-state index >= 15 is 0 Å². The molecule has 1 saturated carbocycles. The normalized spacial score (nSPS) is 34.6. The van der Waals surface area contributed by atoms with Crippen LogP contribution in [0, 0.1) is 0 Å². The first-order chi connectivity index (χ1) is 7.65. The van der Waals surface area contributed by atoms with Crippen LogP contribution < -0.4 is 5.32 Å². The first kappa shape index (κ1) is 11.4. The molecule has 5 nitrogen and oxygen atoms in total. The molecule has 2 aliphatic rings. The topological polar surface area (TPSA) is 58.6 Å². The molecule has 0 spiro atoms. The van der Waals surface area contributed by atoms with Gasteiger partial charge in [-0.15, -0.1) is 0 Å². The summed E-state index contributed by atoms with van der Waals surface area (Å²) in [5.41, 5.74) is 0. The standard InChI is InChI=1S/C11H18N2O3/c1-3-9-11(15)13(6-10(14)12-9)7-4-8(5-7)16-2/h7-9H,3-6H2,1-2H3,(H,12,14). The Morgan fingerprint density at radius 3 is 2.69 bits per heavy atom. The van der Waals surface area contributed by atoms with E-state index in [2.05, 4.69) is 5.32 Å². The van der Waals surface area contributed by atoms with Crippen molar-refractivity contribution in [3.05, 3.63) is 0 Å². The van der Waals surface area contributed by atoms with Gasteiger partial charge in [-0.3, -0.25) is 9.59 Å². The Hall–Kier alpha value is -1.10.